The van der Waals surface area contributed by atoms with Gasteiger partial charge in [-0.25, -0.2) is 4.79 Å². The molecule has 1 fully saturated rings. The lowest BCUT2D eigenvalue weighted by atomic mass is 9.81. The van der Waals surface area contributed by atoms with Crippen LogP contribution in [0.25, 0.3) is 0 Å². The maximum atomic E-state index is 12.6. The Morgan fingerprint density at radius 3 is 2.41 bits per heavy atom. The number of ether oxygens (including phenoxy) is 1. The Balaban J connectivity index is 1.56. The minimum absolute atomic E-state index is 0.113. The highest BCUT2D eigenvalue weighted by atomic mass is 16.5. The van der Waals surface area contributed by atoms with Gasteiger partial charge in [-0.3, -0.25) is 9.59 Å². The van der Waals surface area contributed by atoms with E-state index in [1.165, 1.54) is 0 Å². The number of carbonyl (C=O) groups is 3. The van der Waals surface area contributed by atoms with E-state index in [2.05, 4.69) is 5.32 Å². The highest BCUT2D eigenvalue weighted by molar-refractivity contribution is 5.97. The predicted octanol–water partition coefficient (Wildman–Crippen LogP) is 2.83. The molecule has 2 aromatic rings. The van der Waals surface area contributed by atoms with E-state index in [0.29, 0.717) is 29.3 Å². The van der Waals surface area contributed by atoms with Crippen molar-refractivity contribution in [2.75, 3.05) is 13.2 Å². The number of hydrogen-bond donors (Lipinski definition) is 3. The molecule has 1 amide bonds. The van der Waals surface area contributed by atoms with Crippen LogP contribution in [0, 0.1) is 11.8 Å². The van der Waals surface area contributed by atoms with Crippen molar-refractivity contribution in [2.24, 2.45) is 17.6 Å². The first-order valence-corrected chi connectivity index (χ1v) is 11.0. The minimum Gasteiger partial charge on any atom is -0.485 e. The highest BCUT2D eigenvalue weighted by Gasteiger charge is 2.29. The Morgan fingerprint density at radius 1 is 1.03 bits per heavy atom. The van der Waals surface area contributed by atoms with E-state index < -0.39 is 12.0 Å². The molecule has 7 heteroatoms. The van der Waals surface area contributed by atoms with Gasteiger partial charge in [0.05, 0.1) is 0 Å². The van der Waals surface area contributed by atoms with Crippen LogP contribution in [0.2, 0.25) is 0 Å². The summed E-state index contributed by atoms with van der Waals surface area (Å²) in [7, 11) is 0. The van der Waals surface area contributed by atoms with Crippen molar-refractivity contribution >= 4 is 17.7 Å². The highest BCUT2D eigenvalue weighted by Crippen LogP contribution is 2.28. The van der Waals surface area contributed by atoms with Crippen LogP contribution in [0.4, 0.5) is 0 Å². The summed E-state index contributed by atoms with van der Waals surface area (Å²) in [6.07, 6.45) is 3.39. The molecule has 0 radical (unpaired) electrons. The molecule has 2 aromatic carbocycles. The number of hydrogen-bond acceptors (Lipinski definition) is 5. The molecule has 1 aliphatic rings. The van der Waals surface area contributed by atoms with Gasteiger partial charge in [-0.15, -0.1) is 0 Å². The largest absolute Gasteiger partial charge is 0.485 e. The lowest BCUT2D eigenvalue weighted by molar-refractivity contribution is -0.142. The molecule has 4 N–H and O–H groups in total. The van der Waals surface area contributed by atoms with Crippen molar-refractivity contribution in [3.63, 3.8) is 0 Å². The van der Waals surface area contributed by atoms with Crippen LogP contribution in [0.3, 0.4) is 0 Å². The van der Waals surface area contributed by atoms with Gasteiger partial charge in [-0.1, -0.05) is 42.5 Å². The minimum atomic E-state index is -1.08. The molecule has 0 spiro atoms. The van der Waals surface area contributed by atoms with Gasteiger partial charge in [0.1, 0.15) is 11.8 Å². The van der Waals surface area contributed by atoms with E-state index in [4.69, 9.17) is 10.5 Å². The number of nitrogens with two attached hydrogens (primary N) is 1. The summed E-state index contributed by atoms with van der Waals surface area (Å²) in [5.74, 6) is -0.684. The zero-order chi connectivity index (χ0) is 22.9. The van der Waals surface area contributed by atoms with Crippen LogP contribution < -0.4 is 15.8 Å². The number of carbonyl (C=O) groups excluding carboxylic acids is 2. The summed E-state index contributed by atoms with van der Waals surface area (Å²) < 4.78 is 5.61. The third kappa shape index (κ3) is 6.65. The molecular formula is C25H30N2O5. The van der Waals surface area contributed by atoms with Gasteiger partial charge in [0, 0.05) is 17.9 Å². The SMILES string of the molecule is NCC1CCC(C(=O)NC(Cc2cccc(OCC(=O)c3ccccc3)c2)C(=O)O)CC1. The number of ketones is 1. The number of rotatable bonds is 10. The van der Waals surface area contributed by atoms with Crippen LogP contribution in [-0.2, 0) is 16.0 Å². The zero-order valence-electron chi connectivity index (χ0n) is 18.0. The van der Waals surface area contributed by atoms with Crippen molar-refractivity contribution in [3.8, 4) is 5.75 Å². The lowest BCUT2D eigenvalue weighted by Crippen LogP contribution is -2.45. The first-order valence-electron chi connectivity index (χ1n) is 11.0. The molecule has 1 saturated carbocycles. The molecule has 1 unspecified atom stereocenters. The number of amides is 1. The summed E-state index contributed by atoms with van der Waals surface area (Å²) in [5.41, 5.74) is 6.97. The average Bonchev–Trinajstić information content (AvgIpc) is 2.83. The maximum Gasteiger partial charge on any atom is 0.326 e. The van der Waals surface area contributed by atoms with Crippen LogP contribution in [-0.4, -0.2) is 42.0 Å². The number of carboxylic acid groups (broad SMARTS) is 1. The monoisotopic (exact) mass is 438 g/mol. The van der Waals surface area contributed by atoms with E-state index >= 15 is 0 Å². The number of aliphatic carboxylic acids is 1. The van der Waals surface area contributed by atoms with Crippen molar-refractivity contribution in [2.45, 2.75) is 38.1 Å². The fourth-order valence-corrected chi connectivity index (χ4v) is 4.00. The molecule has 1 aliphatic carbocycles. The van der Waals surface area contributed by atoms with Crippen LogP contribution >= 0.6 is 0 Å². The molecule has 0 bridgehead atoms. The third-order valence-corrected chi connectivity index (χ3v) is 5.97. The third-order valence-electron chi connectivity index (χ3n) is 5.97. The van der Waals surface area contributed by atoms with Crippen LogP contribution in [0.1, 0.15) is 41.6 Å². The molecular weight excluding hydrogens is 408 g/mol. The summed E-state index contributed by atoms with van der Waals surface area (Å²) in [6.45, 7) is 0.513. The molecule has 7 nitrogen and oxygen atoms in total. The van der Waals surface area contributed by atoms with Gasteiger partial charge >= 0.3 is 5.97 Å². The van der Waals surface area contributed by atoms with Gasteiger partial charge in [0.25, 0.3) is 0 Å². The predicted molar refractivity (Wildman–Crippen MR) is 120 cm³/mol. The van der Waals surface area contributed by atoms with Crippen LogP contribution in [0.15, 0.2) is 54.6 Å². The van der Waals surface area contributed by atoms with Gasteiger partial charge < -0.3 is 20.9 Å². The maximum absolute atomic E-state index is 12.6. The van der Waals surface area contributed by atoms with Crippen molar-refractivity contribution < 1.29 is 24.2 Å². The van der Waals surface area contributed by atoms with E-state index in [-0.39, 0.29) is 30.6 Å². The normalized spacial score (nSPS) is 19.0. The number of carboxylic acids is 1. The second kappa shape index (κ2) is 11.4. The average molecular weight is 439 g/mol. The number of nitrogens with one attached hydrogen (secondary N) is 1. The summed E-state index contributed by atoms with van der Waals surface area (Å²) in [6, 6.07) is 14.8. The molecule has 0 saturated heterocycles. The Kier molecular flexibility index (Phi) is 8.39. The number of Topliss-reactive ketones (excluding diaryl/α,β-unsaturated/α-hetero) is 1. The quantitative estimate of drug-likeness (QED) is 0.491. The molecule has 0 aromatic heterocycles. The Bertz CT molecular complexity index is 923. The Morgan fingerprint density at radius 2 is 1.75 bits per heavy atom. The van der Waals surface area contributed by atoms with Crippen LogP contribution in [0.5, 0.6) is 5.75 Å². The van der Waals surface area contributed by atoms with Crippen molar-refractivity contribution in [3.05, 3.63) is 65.7 Å². The second-order valence-electron chi connectivity index (χ2n) is 8.28. The van der Waals surface area contributed by atoms with E-state index in [0.717, 1.165) is 25.7 Å². The molecule has 3 rings (SSSR count). The summed E-state index contributed by atoms with van der Waals surface area (Å²) >= 11 is 0. The fourth-order valence-electron chi connectivity index (χ4n) is 4.00. The van der Waals surface area contributed by atoms with Gasteiger partial charge in [-0.2, -0.15) is 0 Å². The molecule has 1 atom stereocenters. The Labute approximate surface area is 188 Å². The van der Waals surface area contributed by atoms with Gasteiger partial charge in [0.2, 0.25) is 5.91 Å². The van der Waals surface area contributed by atoms with E-state index in [1.54, 1.807) is 48.5 Å². The number of benzene rings is 2. The van der Waals surface area contributed by atoms with Crippen molar-refractivity contribution in [1.29, 1.82) is 0 Å². The van der Waals surface area contributed by atoms with Gasteiger partial charge in [-0.05, 0) is 55.8 Å². The summed E-state index contributed by atoms with van der Waals surface area (Å²) in [5, 5.41) is 12.3. The Hall–Kier alpha value is -3.19. The van der Waals surface area contributed by atoms with Gasteiger partial charge in [0.15, 0.2) is 12.4 Å². The molecule has 0 heterocycles. The second-order valence-corrected chi connectivity index (χ2v) is 8.28. The lowest BCUT2D eigenvalue weighted by Gasteiger charge is -2.27. The molecule has 170 valence electrons. The van der Waals surface area contributed by atoms with E-state index in [1.807, 2.05) is 6.07 Å². The topological polar surface area (TPSA) is 119 Å². The zero-order valence-corrected chi connectivity index (χ0v) is 18.0. The standard InChI is InChI=1S/C25H30N2O5/c26-15-17-9-11-20(12-10-17)24(29)27-22(25(30)31)14-18-5-4-8-21(13-18)32-16-23(28)19-6-2-1-3-7-19/h1-8,13,17,20,22H,9-12,14-16,26H2,(H,27,29)(H,30,31). The fraction of sp³-hybridized carbons (Fsp3) is 0.400. The smallest absolute Gasteiger partial charge is 0.326 e. The first-order chi connectivity index (χ1) is 15.5. The molecule has 32 heavy (non-hydrogen) atoms. The van der Waals surface area contributed by atoms with Crippen molar-refractivity contribution in [1.82, 2.24) is 5.32 Å². The molecule has 0 aliphatic heterocycles. The first kappa shape index (κ1) is 23.5. The van der Waals surface area contributed by atoms with E-state index in [9.17, 15) is 19.5 Å². The summed E-state index contributed by atoms with van der Waals surface area (Å²) in [4.78, 5) is 36.6.